The molecule has 4 rings (SSSR count). The van der Waals surface area contributed by atoms with Crippen LogP contribution in [-0.2, 0) is 16.0 Å². The first kappa shape index (κ1) is 17.5. The molecule has 2 aromatic carbocycles. The molecule has 0 radical (unpaired) electrons. The average Bonchev–Trinajstić information content (AvgIpc) is 3.29. The molecule has 0 amide bonds. The summed E-state index contributed by atoms with van der Waals surface area (Å²) in [6, 6.07) is 16.9. The Balaban J connectivity index is 1.52. The van der Waals surface area contributed by atoms with Crippen molar-refractivity contribution >= 4 is 11.9 Å². The van der Waals surface area contributed by atoms with Crippen LogP contribution in [0.15, 0.2) is 54.6 Å². The number of benzene rings is 2. The van der Waals surface area contributed by atoms with Gasteiger partial charge < -0.3 is 20.7 Å². The minimum absolute atomic E-state index is 0.141. The second kappa shape index (κ2) is 6.39. The third-order valence-corrected chi connectivity index (χ3v) is 5.97. The van der Waals surface area contributed by atoms with Crippen LogP contribution in [0.3, 0.4) is 0 Å². The van der Waals surface area contributed by atoms with E-state index in [4.69, 9.17) is 10.5 Å². The Morgan fingerprint density at radius 2 is 1.78 bits per heavy atom. The van der Waals surface area contributed by atoms with Crippen LogP contribution in [-0.4, -0.2) is 27.7 Å². The van der Waals surface area contributed by atoms with Crippen molar-refractivity contribution in [2.75, 3.05) is 0 Å². The molecule has 27 heavy (non-hydrogen) atoms. The van der Waals surface area contributed by atoms with Crippen LogP contribution in [0.4, 0.5) is 0 Å². The minimum atomic E-state index is -1.50. The van der Waals surface area contributed by atoms with E-state index in [0.717, 1.165) is 11.3 Å². The third-order valence-electron chi connectivity index (χ3n) is 5.97. The van der Waals surface area contributed by atoms with Gasteiger partial charge in [0.2, 0.25) is 0 Å². The van der Waals surface area contributed by atoms with Crippen LogP contribution in [0.1, 0.15) is 12.0 Å². The third kappa shape index (κ3) is 2.96. The summed E-state index contributed by atoms with van der Waals surface area (Å²) in [5.74, 6) is -2.22. The van der Waals surface area contributed by atoms with Crippen LogP contribution in [0.25, 0.3) is 0 Å². The topological polar surface area (TPSA) is 110 Å². The number of fused-ring (bicyclic) bond motifs is 1. The number of rotatable bonds is 6. The molecule has 2 aromatic rings. The highest BCUT2D eigenvalue weighted by molar-refractivity contribution is 5.85. The van der Waals surface area contributed by atoms with Gasteiger partial charge >= 0.3 is 11.9 Å². The van der Waals surface area contributed by atoms with E-state index in [0.29, 0.717) is 18.6 Å². The zero-order valence-electron chi connectivity index (χ0n) is 14.6. The van der Waals surface area contributed by atoms with Gasteiger partial charge in [-0.15, -0.1) is 0 Å². The van der Waals surface area contributed by atoms with E-state index in [9.17, 15) is 19.8 Å². The van der Waals surface area contributed by atoms with Gasteiger partial charge in [-0.3, -0.25) is 9.59 Å². The van der Waals surface area contributed by atoms with E-state index >= 15 is 0 Å². The fourth-order valence-corrected chi connectivity index (χ4v) is 4.67. The van der Waals surface area contributed by atoms with E-state index in [1.54, 1.807) is 0 Å². The van der Waals surface area contributed by atoms with Gasteiger partial charge in [-0.25, -0.2) is 0 Å². The van der Waals surface area contributed by atoms with Crippen LogP contribution >= 0.6 is 0 Å². The number of aliphatic carboxylic acids is 2. The van der Waals surface area contributed by atoms with Gasteiger partial charge in [-0.05, 0) is 54.5 Å². The summed E-state index contributed by atoms with van der Waals surface area (Å²) < 4.78 is 5.84. The minimum Gasteiger partial charge on any atom is -0.481 e. The van der Waals surface area contributed by atoms with Gasteiger partial charge in [0, 0.05) is 5.92 Å². The second-order valence-electron chi connectivity index (χ2n) is 7.49. The monoisotopic (exact) mass is 367 g/mol. The van der Waals surface area contributed by atoms with Crippen LogP contribution < -0.4 is 10.5 Å². The maximum atomic E-state index is 11.9. The number of para-hydroxylation sites is 1. The molecule has 2 fully saturated rings. The molecular formula is C21H21NO5. The summed E-state index contributed by atoms with van der Waals surface area (Å²) in [7, 11) is 0. The van der Waals surface area contributed by atoms with Crippen LogP contribution in [0.5, 0.6) is 11.5 Å². The molecule has 140 valence electrons. The lowest BCUT2D eigenvalue weighted by molar-refractivity contribution is -0.147. The van der Waals surface area contributed by atoms with Gasteiger partial charge in [-0.2, -0.15) is 0 Å². The second-order valence-corrected chi connectivity index (χ2v) is 7.49. The lowest BCUT2D eigenvalue weighted by atomic mass is 9.78. The van der Waals surface area contributed by atoms with Gasteiger partial charge in [0.25, 0.3) is 0 Å². The largest absolute Gasteiger partial charge is 0.481 e. The molecule has 5 atom stereocenters. The summed E-state index contributed by atoms with van der Waals surface area (Å²) in [4.78, 5) is 23.2. The molecule has 2 saturated carbocycles. The van der Waals surface area contributed by atoms with Crippen molar-refractivity contribution in [3.63, 3.8) is 0 Å². The summed E-state index contributed by atoms with van der Waals surface area (Å²) in [5, 5.41) is 19.0. The van der Waals surface area contributed by atoms with Crippen LogP contribution in [0, 0.1) is 23.7 Å². The van der Waals surface area contributed by atoms with Crippen molar-refractivity contribution < 1.29 is 24.5 Å². The number of carboxylic acid groups (broad SMARTS) is 2. The van der Waals surface area contributed by atoms with Crippen molar-refractivity contribution in [1.82, 2.24) is 0 Å². The highest BCUT2D eigenvalue weighted by Gasteiger charge is 2.73. The Morgan fingerprint density at radius 3 is 2.44 bits per heavy atom. The van der Waals surface area contributed by atoms with Crippen molar-refractivity contribution in [3.8, 4) is 11.5 Å². The van der Waals surface area contributed by atoms with E-state index in [1.807, 2.05) is 54.6 Å². The molecule has 4 N–H and O–H groups in total. The Bertz CT molecular complexity index is 883. The SMILES string of the molecule is NC1(C(=O)O)C(Cc2cccc(Oc3ccccc3)c2)CC2C(C(=O)O)C21. The molecule has 0 saturated heterocycles. The Hall–Kier alpha value is -2.86. The van der Waals surface area contributed by atoms with Crippen molar-refractivity contribution in [2.45, 2.75) is 18.4 Å². The predicted molar refractivity (Wildman–Crippen MR) is 97.4 cm³/mol. The molecule has 0 bridgehead atoms. The van der Waals surface area contributed by atoms with E-state index in [-0.39, 0.29) is 11.8 Å². The maximum absolute atomic E-state index is 11.9. The Morgan fingerprint density at radius 1 is 1.07 bits per heavy atom. The Labute approximate surface area is 156 Å². The fourth-order valence-electron chi connectivity index (χ4n) is 4.67. The lowest BCUT2D eigenvalue weighted by Crippen LogP contribution is -2.55. The maximum Gasteiger partial charge on any atom is 0.324 e. The normalized spacial score (nSPS) is 31.1. The summed E-state index contributed by atoms with van der Waals surface area (Å²) in [6.45, 7) is 0. The smallest absolute Gasteiger partial charge is 0.324 e. The highest BCUT2D eigenvalue weighted by atomic mass is 16.5. The molecule has 0 aliphatic heterocycles. The van der Waals surface area contributed by atoms with Crippen molar-refractivity contribution in [1.29, 1.82) is 0 Å². The summed E-state index contributed by atoms with van der Waals surface area (Å²) in [6.07, 6.45) is 1.00. The van der Waals surface area contributed by atoms with Crippen LogP contribution in [0.2, 0.25) is 0 Å². The number of hydrogen-bond donors (Lipinski definition) is 3. The van der Waals surface area contributed by atoms with Gasteiger partial charge in [-0.1, -0.05) is 30.3 Å². The Kier molecular flexibility index (Phi) is 4.15. The molecule has 0 aromatic heterocycles. The summed E-state index contributed by atoms with van der Waals surface area (Å²) >= 11 is 0. The van der Waals surface area contributed by atoms with E-state index in [2.05, 4.69) is 0 Å². The molecule has 0 heterocycles. The number of carboxylic acids is 2. The summed E-state index contributed by atoms with van der Waals surface area (Å²) in [5.41, 5.74) is 5.71. The first-order valence-electron chi connectivity index (χ1n) is 8.98. The molecule has 0 spiro atoms. The molecule has 5 unspecified atom stereocenters. The highest BCUT2D eigenvalue weighted by Crippen LogP contribution is 2.64. The number of hydrogen-bond acceptors (Lipinski definition) is 4. The van der Waals surface area contributed by atoms with E-state index < -0.39 is 29.3 Å². The lowest BCUT2D eigenvalue weighted by Gasteiger charge is -2.31. The van der Waals surface area contributed by atoms with E-state index in [1.165, 1.54) is 0 Å². The fraction of sp³-hybridized carbons (Fsp3) is 0.333. The number of carbonyl (C=O) groups is 2. The molecule has 2 aliphatic carbocycles. The average molecular weight is 367 g/mol. The van der Waals surface area contributed by atoms with Gasteiger partial charge in [0.1, 0.15) is 17.0 Å². The molecule has 2 aliphatic rings. The first-order valence-corrected chi connectivity index (χ1v) is 8.98. The number of nitrogens with two attached hydrogens (primary N) is 1. The predicted octanol–water partition coefficient (Wildman–Crippen LogP) is 2.77. The number of ether oxygens (including phenoxy) is 1. The molecule has 6 nitrogen and oxygen atoms in total. The first-order chi connectivity index (χ1) is 12.9. The molecule has 6 heteroatoms. The van der Waals surface area contributed by atoms with Crippen molar-refractivity contribution in [2.24, 2.45) is 29.4 Å². The van der Waals surface area contributed by atoms with Gasteiger partial charge in [0.05, 0.1) is 5.92 Å². The zero-order valence-corrected chi connectivity index (χ0v) is 14.6. The zero-order chi connectivity index (χ0) is 19.2. The molecular weight excluding hydrogens is 346 g/mol. The van der Waals surface area contributed by atoms with Crippen molar-refractivity contribution in [3.05, 3.63) is 60.2 Å². The van der Waals surface area contributed by atoms with Gasteiger partial charge in [0.15, 0.2) is 0 Å². The standard InChI is InChI=1S/C21H21NO5/c22-21(20(25)26)13(11-16-17(18(16)21)19(23)24)9-12-5-4-8-15(10-12)27-14-6-2-1-3-7-14/h1-8,10,13,16-18H,9,11,22H2,(H,23,24)(H,25,26). The quantitative estimate of drug-likeness (QED) is 0.724.